The average molecular weight is 509 g/mol. The Labute approximate surface area is 224 Å². The van der Waals surface area contributed by atoms with Gasteiger partial charge in [0.1, 0.15) is 6.54 Å². The first kappa shape index (κ1) is 33.9. The van der Waals surface area contributed by atoms with E-state index in [1.165, 1.54) is 95.5 Å². The molecular formula is C31H57ClN2O. The van der Waals surface area contributed by atoms with Crippen molar-refractivity contribution < 1.29 is 21.7 Å². The minimum absolute atomic E-state index is 0. The third-order valence-electron chi connectivity index (χ3n) is 7.62. The summed E-state index contributed by atoms with van der Waals surface area (Å²) in [7, 11) is 0. The fraction of sp³-hybridized carbons (Fsp3) is 0.774. The van der Waals surface area contributed by atoms with Crippen LogP contribution in [0, 0.1) is 0 Å². The lowest BCUT2D eigenvalue weighted by Gasteiger charge is -2.37. The molecule has 0 fully saturated rings. The van der Waals surface area contributed by atoms with Gasteiger partial charge in [-0.1, -0.05) is 127 Å². The molecule has 0 saturated heterocycles. The van der Waals surface area contributed by atoms with Crippen molar-refractivity contribution in [2.24, 2.45) is 0 Å². The molecule has 0 aliphatic heterocycles. The molecule has 0 radical (unpaired) electrons. The topological polar surface area (TPSA) is 29.1 Å². The van der Waals surface area contributed by atoms with Crippen LogP contribution in [-0.2, 0) is 11.3 Å². The van der Waals surface area contributed by atoms with Crippen molar-refractivity contribution in [3.05, 3.63) is 35.9 Å². The highest BCUT2D eigenvalue weighted by molar-refractivity contribution is 5.75. The quantitative estimate of drug-likeness (QED) is 0.155. The van der Waals surface area contributed by atoms with Crippen molar-refractivity contribution in [3.63, 3.8) is 0 Å². The van der Waals surface area contributed by atoms with Gasteiger partial charge in [0.05, 0.1) is 26.2 Å². The van der Waals surface area contributed by atoms with Gasteiger partial charge in [-0.3, -0.25) is 4.79 Å². The number of unbranched alkanes of at least 4 members (excludes halogenated alkanes) is 14. The summed E-state index contributed by atoms with van der Waals surface area (Å²) in [5, 5.41) is 3.19. The first-order chi connectivity index (χ1) is 16.7. The van der Waals surface area contributed by atoms with Crippen LogP contribution >= 0.6 is 0 Å². The van der Waals surface area contributed by atoms with E-state index in [4.69, 9.17) is 0 Å². The number of amides is 1. The van der Waals surface area contributed by atoms with E-state index in [1.807, 2.05) is 0 Å². The molecule has 0 atom stereocenters. The molecule has 1 amide bonds. The van der Waals surface area contributed by atoms with Gasteiger partial charge in [-0.25, -0.2) is 0 Å². The van der Waals surface area contributed by atoms with E-state index in [0.717, 1.165) is 43.6 Å². The molecule has 0 saturated carbocycles. The lowest BCUT2D eigenvalue weighted by Crippen LogP contribution is -3.00. The smallest absolute Gasteiger partial charge is 0.220 e. The highest BCUT2D eigenvalue weighted by Gasteiger charge is 2.23. The van der Waals surface area contributed by atoms with Gasteiger partial charge in [0.2, 0.25) is 5.91 Å². The summed E-state index contributed by atoms with van der Waals surface area (Å²) in [5.74, 6) is 0.236. The number of likely N-dealkylation sites (N-methyl/N-ethyl adjacent to an activating group) is 1. The van der Waals surface area contributed by atoms with Crippen LogP contribution in [0.1, 0.15) is 129 Å². The van der Waals surface area contributed by atoms with Crippen LogP contribution in [0.4, 0.5) is 0 Å². The minimum Gasteiger partial charge on any atom is -1.00 e. The summed E-state index contributed by atoms with van der Waals surface area (Å²) in [6, 6.07) is 10.7. The summed E-state index contributed by atoms with van der Waals surface area (Å²) >= 11 is 0. The predicted molar refractivity (Wildman–Crippen MR) is 149 cm³/mol. The lowest BCUT2D eigenvalue weighted by atomic mass is 10.0. The molecule has 1 N–H and O–H groups in total. The number of carbonyl (C=O) groups is 1. The lowest BCUT2D eigenvalue weighted by molar-refractivity contribution is -0.936. The van der Waals surface area contributed by atoms with Gasteiger partial charge < -0.3 is 22.2 Å². The van der Waals surface area contributed by atoms with Gasteiger partial charge in [0.25, 0.3) is 0 Å². The van der Waals surface area contributed by atoms with Crippen molar-refractivity contribution >= 4 is 5.91 Å². The van der Waals surface area contributed by atoms with Gasteiger partial charge in [0, 0.05) is 12.0 Å². The molecule has 1 rings (SSSR count). The monoisotopic (exact) mass is 508 g/mol. The summed E-state index contributed by atoms with van der Waals surface area (Å²) in [5.41, 5.74) is 1.38. The van der Waals surface area contributed by atoms with Gasteiger partial charge in [0.15, 0.2) is 0 Å². The van der Waals surface area contributed by atoms with E-state index in [2.05, 4.69) is 56.4 Å². The number of nitrogens with one attached hydrogen (secondary N) is 1. The Hall–Kier alpha value is -1.06. The number of hydrogen-bond donors (Lipinski definition) is 1. The molecule has 0 aromatic heterocycles. The summed E-state index contributed by atoms with van der Waals surface area (Å²) in [4.78, 5) is 12.3. The number of nitrogens with zero attached hydrogens (tertiary/aromatic N) is 1. The van der Waals surface area contributed by atoms with Crippen LogP contribution in [0.3, 0.4) is 0 Å². The zero-order valence-electron chi connectivity index (χ0n) is 23.5. The van der Waals surface area contributed by atoms with Gasteiger partial charge in [-0.05, 0) is 20.3 Å². The van der Waals surface area contributed by atoms with Crippen LogP contribution in [0.2, 0.25) is 0 Å². The van der Waals surface area contributed by atoms with Crippen molar-refractivity contribution in [2.75, 3.05) is 26.2 Å². The van der Waals surface area contributed by atoms with Crippen molar-refractivity contribution in [1.82, 2.24) is 5.32 Å². The number of hydrogen-bond acceptors (Lipinski definition) is 1. The molecule has 4 heteroatoms. The highest BCUT2D eigenvalue weighted by Crippen LogP contribution is 2.15. The molecule has 0 bridgehead atoms. The van der Waals surface area contributed by atoms with E-state index in [9.17, 15) is 4.79 Å². The van der Waals surface area contributed by atoms with Gasteiger partial charge >= 0.3 is 0 Å². The summed E-state index contributed by atoms with van der Waals surface area (Å²) in [6.45, 7) is 11.9. The van der Waals surface area contributed by atoms with Crippen LogP contribution in [0.15, 0.2) is 30.3 Å². The molecule has 3 nitrogen and oxygen atoms in total. The second-order valence-electron chi connectivity index (χ2n) is 10.4. The van der Waals surface area contributed by atoms with Gasteiger partial charge in [-0.2, -0.15) is 0 Å². The van der Waals surface area contributed by atoms with E-state index >= 15 is 0 Å². The number of rotatable bonds is 23. The Morgan fingerprint density at radius 2 is 1.14 bits per heavy atom. The first-order valence-electron chi connectivity index (χ1n) is 14.8. The Morgan fingerprint density at radius 1 is 0.686 bits per heavy atom. The molecule has 204 valence electrons. The Balaban J connectivity index is 0.0000116. The van der Waals surface area contributed by atoms with E-state index in [-0.39, 0.29) is 18.3 Å². The van der Waals surface area contributed by atoms with Crippen LogP contribution in [0.5, 0.6) is 0 Å². The van der Waals surface area contributed by atoms with Crippen molar-refractivity contribution in [3.8, 4) is 0 Å². The molecule has 0 aliphatic rings. The maximum atomic E-state index is 12.3. The Kier molecular flexibility index (Phi) is 22.6. The van der Waals surface area contributed by atoms with Crippen LogP contribution in [0.25, 0.3) is 0 Å². The number of carbonyl (C=O) groups excluding carboxylic acids is 1. The molecule has 0 aliphatic carbocycles. The Morgan fingerprint density at radius 3 is 1.60 bits per heavy atom. The maximum absolute atomic E-state index is 12.3. The zero-order valence-corrected chi connectivity index (χ0v) is 24.2. The largest absolute Gasteiger partial charge is 1.00 e. The number of halogens is 1. The van der Waals surface area contributed by atoms with Crippen LogP contribution < -0.4 is 17.7 Å². The van der Waals surface area contributed by atoms with Crippen molar-refractivity contribution in [2.45, 2.75) is 130 Å². The molecule has 35 heavy (non-hydrogen) atoms. The first-order valence-corrected chi connectivity index (χ1v) is 14.8. The normalized spacial score (nSPS) is 11.3. The third kappa shape index (κ3) is 17.9. The summed E-state index contributed by atoms with van der Waals surface area (Å²) in [6.07, 6.45) is 21.1. The summed E-state index contributed by atoms with van der Waals surface area (Å²) < 4.78 is 1.03. The average Bonchev–Trinajstić information content (AvgIpc) is 2.86. The number of quaternary nitrogens is 1. The van der Waals surface area contributed by atoms with Gasteiger partial charge in [-0.15, -0.1) is 0 Å². The minimum atomic E-state index is 0. The standard InChI is InChI=1S/C31H56N2O.ClH/c1-4-7-8-9-10-11-12-13-14-15-16-17-18-19-23-26-31(34)32-27-28-33(5-2,6-3)29-30-24-21-20-22-25-30;/h20-22,24-25H,4-19,23,26-29H2,1-3H3;1H. The molecule has 0 heterocycles. The third-order valence-corrected chi connectivity index (χ3v) is 7.62. The molecule has 1 aromatic carbocycles. The molecule has 0 unspecified atom stereocenters. The second kappa shape index (κ2) is 23.3. The molecular weight excluding hydrogens is 452 g/mol. The van der Waals surface area contributed by atoms with E-state index in [0.29, 0.717) is 6.42 Å². The highest BCUT2D eigenvalue weighted by atomic mass is 35.5. The fourth-order valence-electron chi connectivity index (χ4n) is 4.99. The molecule has 0 spiro atoms. The zero-order chi connectivity index (χ0) is 24.7. The van der Waals surface area contributed by atoms with Crippen molar-refractivity contribution in [1.29, 1.82) is 0 Å². The van der Waals surface area contributed by atoms with E-state index < -0.39 is 0 Å². The second-order valence-corrected chi connectivity index (χ2v) is 10.4. The fourth-order valence-corrected chi connectivity index (χ4v) is 4.99. The SMILES string of the molecule is CCCCCCCCCCCCCCCCCC(=O)NCC[N+](CC)(CC)Cc1ccccc1.[Cl-]. The molecule has 1 aromatic rings. The maximum Gasteiger partial charge on any atom is 0.220 e. The number of benzene rings is 1. The predicted octanol–water partition coefficient (Wildman–Crippen LogP) is 5.42. The Bertz CT molecular complexity index is 589. The van der Waals surface area contributed by atoms with E-state index in [1.54, 1.807) is 0 Å². The van der Waals surface area contributed by atoms with Crippen LogP contribution in [-0.4, -0.2) is 36.6 Å².